The van der Waals surface area contributed by atoms with Crippen LogP contribution in [0.2, 0.25) is 0 Å². The molecule has 1 aliphatic heterocycles. The van der Waals surface area contributed by atoms with Gasteiger partial charge in [0.2, 0.25) is 0 Å². The molecular formula is C17H17N7O2S. The van der Waals surface area contributed by atoms with Gasteiger partial charge in [0.15, 0.2) is 11.1 Å². The van der Waals surface area contributed by atoms with E-state index in [0.717, 1.165) is 35.1 Å². The third-order valence-corrected chi connectivity index (χ3v) is 6.97. The van der Waals surface area contributed by atoms with Gasteiger partial charge in [0.1, 0.15) is 22.4 Å². The summed E-state index contributed by atoms with van der Waals surface area (Å²) in [6.45, 7) is 1.08. The van der Waals surface area contributed by atoms with Crippen LogP contribution in [0, 0.1) is 11.3 Å². The Hall–Kier alpha value is -2.61. The maximum atomic E-state index is 11.7. The van der Waals surface area contributed by atoms with Crippen molar-refractivity contribution >= 4 is 22.1 Å². The smallest absolute Gasteiger partial charge is 0.174 e. The number of hydrogen-bond donors (Lipinski definition) is 2. The van der Waals surface area contributed by atoms with Crippen molar-refractivity contribution in [1.29, 1.82) is 5.26 Å². The van der Waals surface area contributed by atoms with E-state index in [0.29, 0.717) is 19.5 Å². The number of aromatic nitrogens is 5. The van der Waals surface area contributed by atoms with Crippen LogP contribution < -0.4 is 0 Å². The molecule has 1 saturated carbocycles. The number of nitrogens with zero attached hydrogens (tertiary/aromatic N) is 6. The van der Waals surface area contributed by atoms with Crippen LogP contribution in [-0.2, 0) is 16.6 Å². The molecule has 1 saturated heterocycles. The number of rotatable bonds is 5. The number of likely N-dealkylation sites (tertiary alicyclic amines) is 1. The molecule has 2 N–H and O–H groups in total. The lowest BCUT2D eigenvalue weighted by molar-refractivity contribution is -0.0130. The Morgan fingerprint density at radius 1 is 1.37 bits per heavy atom. The molecule has 10 heteroatoms. The van der Waals surface area contributed by atoms with Gasteiger partial charge in [-0.2, -0.15) is 10.4 Å². The Balaban J connectivity index is 1.47. The van der Waals surface area contributed by atoms with Gasteiger partial charge in [-0.25, -0.2) is 14.2 Å². The first-order chi connectivity index (χ1) is 13.1. The second kappa shape index (κ2) is 5.69. The molecule has 9 nitrogen and oxygen atoms in total. The van der Waals surface area contributed by atoms with E-state index in [1.807, 2.05) is 28.0 Å². The Morgan fingerprint density at radius 3 is 2.89 bits per heavy atom. The highest BCUT2D eigenvalue weighted by Gasteiger charge is 2.61. The maximum absolute atomic E-state index is 11.7. The van der Waals surface area contributed by atoms with Gasteiger partial charge in [-0.15, -0.1) is 0 Å². The molecule has 3 aromatic heterocycles. The summed E-state index contributed by atoms with van der Waals surface area (Å²) >= 11 is -1.88. The van der Waals surface area contributed by atoms with E-state index < -0.39 is 21.5 Å². The largest absolute Gasteiger partial charge is 0.346 e. The number of nitrogens with one attached hydrogen (secondary N) is 1. The van der Waals surface area contributed by atoms with Crippen LogP contribution in [0.15, 0.2) is 31.0 Å². The minimum atomic E-state index is -1.88. The van der Waals surface area contributed by atoms with Crippen molar-refractivity contribution in [2.24, 2.45) is 0 Å². The normalized spacial score (nSPS) is 21.5. The molecule has 1 aliphatic carbocycles. The van der Waals surface area contributed by atoms with Gasteiger partial charge in [0.25, 0.3) is 0 Å². The monoisotopic (exact) mass is 383 g/mol. The van der Waals surface area contributed by atoms with E-state index in [4.69, 9.17) is 0 Å². The minimum absolute atomic E-state index is 0.294. The van der Waals surface area contributed by atoms with Crippen molar-refractivity contribution in [2.45, 2.75) is 29.7 Å². The molecule has 1 atom stereocenters. The van der Waals surface area contributed by atoms with Crippen LogP contribution in [0.25, 0.3) is 22.3 Å². The van der Waals surface area contributed by atoms with Crippen LogP contribution >= 0.6 is 0 Å². The molecule has 2 aliphatic rings. The first-order valence-electron chi connectivity index (χ1n) is 8.65. The number of aromatic amines is 1. The first-order valence-corrected chi connectivity index (χ1v) is 9.75. The number of hydrogen-bond acceptors (Lipinski definition) is 6. The van der Waals surface area contributed by atoms with Crippen LogP contribution in [0.4, 0.5) is 0 Å². The standard InChI is InChI=1S/C17H17N7O2S/c18-5-4-16(9-23(10-16)17(2-3-17)27(25)26)24-8-12(7-22-24)14-13-1-6-19-15(13)21-11-20-14/h1,6-8,11H,2-4,9-10H2,(H,25,26)(H,19,20,21). The minimum Gasteiger partial charge on any atom is -0.346 e. The van der Waals surface area contributed by atoms with E-state index in [-0.39, 0.29) is 0 Å². The molecule has 27 heavy (non-hydrogen) atoms. The molecule has 4 heterocycles. The molecule has 5 rings (SSSR count). The predicted molar refractivity (Wildman–Crippen MR) is 97.6 cm³/mol. The van der Waals surface area contributed by atoms with Crippen molar-refractivity contribution in [3.05, 3.63) is 31.0 Å². The summed E-state index contributed by atoms with van der Waals surface area (Å²) in [6.07, 6.45) is 8.70. The zero-order valence-electron chi connectivity index (χ0n) is 14.4. The fourth-order valence-electron chi connectivity index (χ4n) is 3.95. The topological polar surface area (TPSA) is 124 Å². The Kier molecular flexibility index (Phi) is 3.49. The van der Waals surface area contributed by atoms with E-state index in [2.05, 4.69) is 26.1 Å². The zero-order chi connectivity index (χ0) is 18.6. The second-order valence-electron chi connectivity index (χ2n) is 7.25. The number of nitriles is 1. The lowest BCUT2D eigenvalue weighted by Crippen LogP contribution is -2.66. The van der Waals surface area contributed by atoms with Crippen molar-refractivity contribution in [2.75, 3.05) is 13.1 Å². The summed E-state index contributed by atoms with van der Waals surface area (Å²) in [5.74, 6) is 0. The molecule has 0 aromatic carbocycles. The zero-order valence-corrected chi connectivity index (χ0v) is 15.2. The lowest BCUT2D eigenvalue weighted by atomic mass is 9.86. The van der Waals surface area contributed by atoms with Gasteiger partial charge in [-0.3, -0.25) is 9.58 Å². The maximum Gasteiger partial charge on any atom is 0.174 e. The Morgan fingerprint density at radius 2 is 2.19 bits per heavy atom. The summed E-state index contributed by atoms with van der Waals surface area (Å²) in [5, 5.41) is 14.8. The van der Waals surface area contributed by atoms with Crippen LogP contribution in [0.3, 0.4) is 0 Å². The third kappa shape index (κ3) is 2.36. The summed E-state index contributed by atoms with van der Waals surface area (Å²) in [6, 6.07) is 4.17. The van der Waals surface area contributed by atoms with Crippen molar-refractivity contribution in [3.63, 3.8) is 0 Å². The van der Waals surface area contributed by atoms with Gasteiger partial charge < -0.3 is 9.54 Å². The Labute approximate surface area is 157 Å². The predicted octanol–water partition coefficient (Wildman–Crippen LogP) is 1.46. The summed E-state index contributed by atoms with van der Waals surface area (Å²) in [5.41, 5.74) is 1.91. The second-order valence-corrected chi connectivity index (χ2v) is 8.50. The summed E-state index contributed by atoms with van der Waals surface area (Å²) < 4.78 is 23.1. The van der Waals surface area contributed by atoms with Gasteiger partial charge in [0, 0.05) is 36.4 Å². The van der Waals surface area contributed by atoms with Crippen molar-refractivity contribution in [1.82, 2.24) is 29.6 Å². The van der Waals surface area contributed by atoms with Crippen LogP contribution in [0.1, 0.15) is 19.3 Å². The van der Waals surface area contributed by atoms with Crippen molar-refractivity contribution < 1.29 is 8.76 Å². The molecule has 3 aromatic rings. The van der Waals surface area contributed by atoms with Gasteiger partial charge in [-0.1, -0.05) is 0 Å². The average molecular weight is 383 g/mol. The van der Waals surface area contributed by atoms with E-state index in [9.17, 15) is 14.0 Å². The quantitative estimate of drug-likeness (QED) is 0.639. The molecule has 0 amide bonds. The lowest BCUT2D eigenvalue weighted by Gasteiger charge is -2.51. The number of H-pyrrole nitrogens is 1. The van der Waals surface area contributed by atoms with Gasteiger partial charge >= 0.3 is 0 Å². The first kappa shape index (κ1) is 16.6. The Bertz CT molecular complexity index is 1090. The van der Waals surface area contributed by atoms with Crippen molar-refractivity contribution in [3.8, 4) is 17.3 Å². The third-order valence-electron chi connectivity index (χ3n) is 5.65. The molecule has 1 unspecified atom stereocenters. The molecular weight excluding hydrogens is 366 g/mol. The number of fused-ring (bicyclic) bond motifs is 1. The van der Waals surface area contributed by atoms with E-state index in [1.165, 1.54) is 6.33 Å². The average Bonchev–Trinajstić information content (AvgIpc) is 3.05. The van der Waals surface area contributed by atoms with Gasteiger partial charge in [0.05, 0.1) is 24.4 Å². The van der Waals surface area contributed by atoms with Crippen LogP contribution in [-0.4, -0.2) is 56.4 Å². The fourth-order valence-corrected chi connectivity index (χ4v) is 4.75. The molecule has 138 valence electrons. The molecule has 0 radical (unpaired) electrons. The van der Waals surface area contributed by atoms with Gasteiger partial charge in [-0.05, 0) is 18.9 Å². The highest BCUT2D eigenvalue weighted by molar-refractivity contribution is 7.81. The SMILES string of the molecule is N#CCC1(n2cc(-c3ncnc4[nH]ccc34)cn2)CN(C2(S(=O)O)CC2)C1. The van der Waals surface area contributed by atoms with Crippen LogP contribution in [0.5, 0.6) is 0 Å². The van der Waals surface area contributed by atoms with E-state index >= 15 is 0 Å². The highest BCUT2D eigenvalue weighted by Crippen LogP contribution is 2.50. The van der Waals surface area contributed by atoms with E-state index in [1.54, 1.807) is 6.20 Å². The highest BCUT2D eigenvalue weighted by atomic mass is 32.2. The summed E-state index contributed by atoms with van der Waals surface area (Å²) in [7, 11) is 0. The summed E-state index contributed by atoms with van der Waals surface area (Å²) in [4.78, 5) is 13.0. The molecule has 0 spiro atoms. The molecule has 2 fully saturated rings. The fraction of sp³-hybridized carbons (Fsp3) is 0.412. The molecule has 0 bridgehead atoms.